The van der Waals surface area contributed by atoms with Crippen molar-refractivity contribution >= 4 is 34.4 Å². The Hall–Kier alpha value is -0.670. The molecule has 1 aromatic carbocycles. The standard InChI is InChI=1S/C15H21ClN2S/c1-10-6-7-13-12(8-10)17-14(11(2)16)18(13)9-15(3,4)19-5/h6-8,11H,9H2,1-5H3. The zero-order valence-electron chi connectivity index (χ0n) is 12.2. The van der Waals surface area contributed by atoms with E-state index in [9.17, 15) is 0 Å². The first-order chi connectivity index (χ1) is 8.84. The van der Waals surface area contributed by atoms with Gasteiger partial charge in [0.15, 0.2) is 0 Å². The van der Waals surface area contributed by atoms with Crippen LogP contribution in [0.15, 0.2) is 18.2 Å². The lowest BCUT2D eigenvalue weighted by atomic mass is 10.2. The van der Waals surface area contributed by atoms with E-state index in [1.165, 1.54) is 11.1 Å². The van der Waals surface area contributed by atoms with Crippen LogP contribution in [-0.2, 0) is 6.54 Å². The summed E-state index contributed by atoms with van der Waals surface area (Å²) >= 11 is 8.17. The lowest BCUT2D eigenvalue weighted by Gasteiger charge is -2.24. The monoisotopic (exact) mass is 296 g/mol. The zero-order chi connectivity index (χ0) is 14.2. The lowest BCUT2D eigenvalue weighted by molar-refractivity contribution is 0.559. The van der Waals surface area contributed by atoms with E-state index in [1.54, 1.807) is 0 Å². The molecule has 0 bridgehead atoms. The average molecular weight is 297 g/mol. The van der Waals surface area contributed by atoms with Gasteiger partial charge >= 0.3 is 0 Å². The fraction of sp³-hybridized carbons (Fsp3) is 0.533. The fourth-order valence-corrected chi connectivity index (χ4v) is 2.60. The van der Waals surface area contributed by atoms with Crippen molar-refractivity contribution in [2.75, 3.05) is 6.26 Å². The van der Waals surface area contributed by atoms with Gasteiger partial charge in [0.2, 0.25) is 0 Å². The van der Waals surface area contributed by atoms with Crippen molar-refractivity contribution in [2.45, 2.75) is 44.4 Å². The highest BCUT2D eigenvalue weighted by atomic mass is 35.5. The molecule has 104 valence electrons. The number of hydrogen-bond acceptors (Lipinski definition) is 2. The molecule has 0 saturated heterocycles. The topological polar surface area (TPSA) is 17.8 Å². The highest BCUT2D eigenvalue weighted by Gasteiger charge is 2.22. The third kappa shape index (κ3) is 3.09. The molecule has 1 aromatic heterocycles. The molecule has 0 spiro atoms. The van der Waals surface area contributed by atoms with Crippen molar-refractivity contribution in [2.24, 2.45) is 0 Å². The minimum absolute atomic E-state index is 0.0784. The Morgan fingerprint density at radius 2 is 2.11 bits per heavy atom. The van der Waals surface area contributed by atoms with Gasteiger partial charge in [0.25, 0.3) is 0 Å². The number of aromatic nitrogens is 2. The van der Waals surface area contributed by atoms with Crippen molar-refractivity contribution in [3.63, 3.8) is 0 Å². The summed E-state index contributed by atoms with van der Waals surface area (Å²) < 4.78 is 2.43. The summed E-state index contributed by atoms with van der Waals surface area (Å²) in [6.45, 7) is 9.49. The van der Waals surface area contributed by atoms with E-state index in [0.717, 1.165) is 17.9 Å². The Morgan fingerprint density at radius 3 is 2.68 bits per heavy atom. The van der Waals surface area contributed by atoms with Crippen LogP contribution in [-0.4, -0.2) is 20.6 Å². The summed E-state index contributed by atoms with van der Waals surface area (Å²) in [6.07, 6.45) is 2.15. The largest absolute Gasteiger partial charge is 0.325 e. The van der Waals surface area contributed by atoms with Crippen LogP contribution in [0, 0.1) is 6.92 Å². The summed E-state index contributed by atoms with van der Waals surface area (Å²) in [5.41, 5.74) is 3.45. The predicted molar refractivity (Wildman–Crippen MR) is 86.3 cm³/mol. The number of nitrogens with zero attached hydrogens (tertiary/aromatic N) is 2. The van der Waals surface area contributed by atoms with Gasteiger partial charge in [-0.25, -0.2) is 4.98 Å². The summed E-state index contributed by atoms with van der Waals surface area (Å²) in [6, 6.07) is 6.41. The smallest absolute Gasteiger partial charge is 0.127 e. The van der Waals surface area contributed by atoms with Gasteiger partial charge in [0, 0.05) is 11.3 Å². The molecule has 2 aromatic rings. The Kier molecular flexibility index (Phi) is 4.17. The number of alkyl halides is 1. The Morgan fingerprint density at radius 1 is 1.42 bits per heavy atom. The quantitative estimate of drug-likeness (QED) is 0.755. The van der Waals surface area contributed by atoms with Crippen LogP contribution in [0.5, 0.6) is 0 Å². The summed E-state index contributed by atoms with van der Waals surface area (Å²) in [7, 11) is 0. The number of halogens is 1. The van der Waals surface area contributed by atoms with Crippen LogP contribution >= 0.6 is 23.4 Å². The van der Waals surface area contributed by atoms with E-state index in [-0.39, 0.29) is 10.1 Å². The normalized spacial score (nSPS) is 14.0. The molecule has 2 nitrogen and oxygen atoms in total. The van der Waals surface area contributed by atoms with Crippen molar-refractivity contribution in [3.05, 3.63) is 29.6 Å². The molecule has 0 radical (unpaired) electrons. The number of rotatable bonds is 4. The number of thioether (sulfide) groups is 1. The maximum atomic E-state index is 6.30. The molecule has 1 atom stereocenters. The lowest BCUT2D eigenvalue weighted by Crippen LogP contribution is -2.23. The number of aryl methyl sites for hydroxylation is 1. The van der Waals surface area contributed by atoms with Gasteiger partial charge in [-0.15, -0.1) is 11.6 Å². The highest BCUT2D eigenvalue weighted by molar-refractivity contribution is 7.99. The minimum atomic E-state index is -0.0784. The first-order valence-electron chi connectivity index (χ1n) is 6.50. The van der Waals surface area contributed by atoms with Gasteiger partial charge in [-0.3, -0.25) is 0 Å². The zero-order valence-corrected chi connectivity index (χ0v) is 13.8. The van der Waals surface area contributed by atoms with Crippen molar-refractivity contribution < 1.29 is 0 Å². The molecular formula is C15H21ClN2S. The third-order valence-electron chi connectivity index (χ3n) is 3.38. The van der Waals surface area contributed by atoms with E-state index < -0.39 is 0 Å². The highest BCUT2D eigenvalue weighted by Crippen LogP contribution is 2.30. The summed E-state index contributed by atoms with van der Waals surface area (Å²) in [5.74, 6) is 0.962. The summed E-state index contributed by atoms with van der Waals surface area (Å²) in [5, 5.41) is -0.0784. The molecule has 19 heavy (non-hydrogen) atoms. The van der Waals surface area contributed by atoms with E-state index >= 15 is 0 Å². The van der Waals surface area contributed by atoms with Gasteiger partial charge in [0.1, 0.15) is 5.82 Å². The van der Waals surface area contributed by atoms with Crippen molar-refractivity contribution in [1.29, 1.82) is 0 Å². The van der Waals surface area contributed by atoms with Crippen LogP contribution in [0.1, 0.15) is 37.5 Å². The van der Waals surface area contributed by atoms with Gasteiger partial charge in [-0.05, 0) is 51.6 Å². The van der Waals surface area contributed by atoms with Gasteiger partial charge in [-0.1, -0.05) is 6.07 Å². The van der Waals surface area contributed by atoms with Crippen LogP contribution < -0.4 is 0 Å². The molecule has 0 aliphatic rings. The molecule has 1 unspecified atom stereocenters. The maximum Gasteiger partial charge on any atom is 0.127 e. The summed E-state index contributed by atoms with van der Waals surface area (Å²) in [4.78, 5) is 4.71. The van der Waals surface area contributed by atoms with Crippen molar-refractivity contribution in [3.8, 4) is 0 Å². The second-order valence-electron chi connectivity index (χ2n) is 5.63. The van der Waals surface area contributed by atoms with Gasteiger partial charge < -0.3 is 4.57 Å². The molecule has 0 saturated carbocycles. The first-order valence-corrected chi connectivity index (χ1v) is 8.16. The third-order valence-corrected chi connectivity index (χ3v) is 4.81. The number of fused-ring (bicyclic) bond motifs is 1. The number of imidazole rings is 1. The van der Waals surface area contributed by atoms with E-state index in [2.05, 4.69) is 49.8 Å². The van der Waals surface area contributed by atoms with Crippen LogP contribution in [0.3, 0.4) is 0 Å². The second-order valence-corrected chi connectivity index (χ2v) is 7.80. The molecule has 0 amide bonds. The molecular weight excluding hydrogens is 276 g/mol. The molecule has 0 fully saturated rings. The van der Waals surface area contributed by atoms with Crippen LogP contribution in [0.25, 0.3) is 11.0 Å². The number of benzene rings is 1. The van der Waals surface area contributed by atoms with Crippen LogP contribution in [0.4, 0.5) is 0 Å². The Bertz CT molecular complexity index is 587. The Balaban J connectivity index is 2.59. The first kappa shape index (κ1) is 14.7. The molecule has 0 N–H and O–H groups in total. The van der Waals surface area contributed by atoms with E-state index in [1.807, 2.05) is 18.7 Å². The second kappa shape index (κ2) is 5.37. The molecule has 1 heterocycles. The molecule has 0 aliphatic heterocycles. The van der Waals surface area contributed by atoms with Crippen LogP contribution in [0.2, 0.25) is 0 Å². The van der Waals surface area contributed by atoms with E-state index in [4.69, 9.17) is 16.6 Å². The minimum Gasteiger partial charge on any atom is -0.325 e. The SMILES string of the molecule is CSC(C)(C)Cn1c(C(C)Cl)nc2cc(C)ccc21. The predicted octanol–water partition coefficient (Wildman–Crippen LogP) is 4.79. The number of hydrogen-bond donors (Lipinski definition) is 0. The van der Waals surface area contributed by atoms with Gasteiger partial charge in [0.05, 0.1) is 16.4 Å². The van der Waals surface area contributed by atoms with Crippen molar-refractivity contribution in [1.82, 2.24) is 9.55 Å². The fourth-order valence-electron chi connectivity index (χ4n) is 2.17. The Labute approximate surface area is 124 Å². The van der Waals surface area contributed by atoms with Gasteiger partial charge in [-0.2, -0.15) is 11.8 Å². The van der Waals surface area contributed by atoms with E-state index in [0.29, 0.717) is 0 Å². The molecule has 0 aliphatic carbocycles. The molecule has 2 rings (SSSR count). The molecule has 4 heteroatoms. The average Bonchev–Trinajstić information content (AvgIpc) is 2.67. The maximum absolute atomic E-state index is 6.30.